The molecule has 0 fully saturated rings. The van der Waals surface area contributed by atoms with E-state index in [2.05, 4.69) is 29.8 Å². The first-order valence-corrected chi connectivity index (χ1v) is 8.41. The molecule has 0 amide bonds. The van der Waals surface area contributed by atoms with Crippen molar-refractivity contribution < 1.29 is 9.84 Å². The van der Waals surface area contributed by atoms with E-state index in [9.17, 15) is 5.11 Å². The quantitative estimate of drug-likeness (QED) is 0.811. The summed E-state index contributed by atoms with van der Waals surface area (Å²) in [5.41, 5.74) is 1.17. The first-order chi connectivity index (χ1) is 10.6. The van der Waals surface area contributed by atoms with Crippen molar-refractivity contribution in [3.05, 3.63) is 46.4 Å². The van der Waals surface area contributed by atoms with Gasteiger partial charge in [0.05, 0.1) is 6.54 Å². The molecular weight excluding hydrogens is 296 g/mol. The Balaban J connectivity index is 1.81. The maximum atomic E-state index is 10.2. The molecule has 5 heteroatoms. The molecule has 1 aromatic carbocycles. The molecule has 0 aliphatic rings. The van der Waals surface area contributed by atoms with Crippen molar-refractivity contribution in [3.8, 4) is 5.75 Å². The van der Waals surface area contributed by atoms with Crippen LogP contribution in [0.1, 0.15) is 30.3 Å². The number of benzene rings is 1. The average molecular weight is 320 g/mol. The molecule has 4 nitrogen and oxygen atoms in total. The van der Waals surface area contributed by atoms with Crippen molar-refractivity contribution >= 4 is 11.3 Å². The first-order valence-electron chi connectivity index (χ1n) is 7.53. The summed E-state index contributed by atoms with van der Waals surface area (Å²) in [6, 6.07) is 8.00. The number of hydrogen-bond donors (Lipinski definition) is 1. The van der Waals surface area contributed by atoms with E-state index in [-0.39, 0.29) is 0 Å². The molecule has 1 N–H and O–H groups in total. The van der Waals surface area contributed by atoms with E-state index in [0.717, 1.165) is 17.3 Å². The van der Waals surface area contributed by atoms with Gasteiger partial charge in [0.25, 0.3) is 0 Å². The lowest BCUT2D eigenvalue weighted by Gasteiger charge is -2.21. The fourth-order valence-electron chi connectivity index (χ4n) is 2.31. The first kappa shape index (κ1) is 16.9. The Hall–Kier alpha value is -1.43. The van der Waals surface area contributed by atoms with E-state index in [1.165, 1.54) is 5.56 Å². The molecule has 22 heavy (non-hydrogen) atoms. The van der Waals surface area contributed by atoms with Crippen LogP contribution in [0.25, 0.3) is 0 Å². The van der Waals surface area contributed by atoms with E-state index in [1.807, 2.05) is 30.6 Å². The largest absolute Gasteiger partial charge is 0.491 e. The molecule has 0 spiro atoms. The van der Waals surface area contributed by atoms with Gasteiger partial charge in [0.15, 0.2) is 0 Å². The number of aromatic nitrogens is 1. The topological polar surface area (TPSA) is 45.6 Å². The van der Waals surface area contributed by atoms with Crippen molar-refractivity contribution in [3.63, 3.8) is 0 Å². The van der Waals surface area contributed by atoms with Crippen molar-refractivity contribution in [1.82, 2.24) is 9.88 Å². The summed E-state index contributed by atoms with van der Waals surface area (Å²) in [5, 5.41) is 13.2. The van der Waals surface area contributed by atoms with Crippen LogP contribution in [0.3, 0.4) is 0 Å². The van der Waals surface area contributed by atoms with Gasteiger partial charge >= 0.3 is 0 Å². The Morgan fingerprint density at radius 1 is 1.32 bits per heavy atom. The summed E-state index contributed by atoms with van der Waals surface area (Å²) >= 11 is 1.63. The number of hydrogen-bond acceptors (Lipinski definition) is 5. The van der Waals surface area contributed by atoms with Crippen LogP contribution >= 0.6 is 11.3 Å². The molecule has 120 valence electrons. The molecule has 0 aliphatic carbocycles. The average Bonchev–Trinajstić information content (AvgIpc) is 2.98. The lowest BCUT2D eigenvalue weighted by Crippen LogP contribution is -2.32. The van der Waals surface area contributed by atoms with Gasteiger partial charge in [-0.25, -0.2) is 4.98 Å². The monoisotopic (exact) mass is 320 g/mol. The molecule has 0 saturated carbocycles. The minimum atomic E-state index is -0.523. The van der Waals surface area contributed by atoms with Crippen LogP contribution in [0.4, 0.5) is 0 Å². The van der Waals surface area contributed by atoms with Gasteiger partial charge in [0.1, 0.15) is 23.5 Å². The van der Waals surface area contributed by atoms with Crippen LogP contribution in [-0.2, 0) is 6.54 Å². The van der Waals surface area contributed by atoms with E-state index in [4.69, 9.17) is 4.74 Å². The smallest absolute Gasteiger partial charge is 0.122 e. The van der Waals surface area contributed by atoms with Gasteiger partial charge in [-0.1, -0.05) is 32.0 Å². The molecule has 0 radical (unpaired) electrons. The second-order valence-electron chi connectivity index (χ2n) is 5.78. The molecule has 1 atom stereocenters. The minimum Gasteiger partial charge on any atom is -0.491 e. The Bertz CT molecular complexity index is 558. The molecule has 0 saturated heterocycles. The number of nitrogens with zero attached hydrogens (tertiary/aromatic N) is 2. The lowest BCUT2D eigenvalue weighted by molar-refractivity contribution is 0.0739. The summed E-state index contributed by atoms with van der Waals surface area (Å²) in [6.07, 6.45) is 1.28. The van der Waals surface area contributed by atoms with Gasteiger partial charge in [-0.3, -0.25) is 4.90 Å². The van der Waals surface area contributed by atoms with Crippen LogP contribution in [0, 0.1) is 0 Å². The molecule has 1 unspecified atom stereocenters. The third-order valence-corrected chi connectivity index (χ3v) is 4.15. The molecular formula is C17H24N2O2S. The molecule has 0 aliphatic heterocycles. The zero-order chi connectivity index (χ0) is 15.9. The second-order valence-corrected chi connectivity index (χ2v) is 6.76. The van der Waals surface area contributed by atoms with Gasteiger partial charge in [0.2, 0.25) is 0 Å². The van der Waals surface area contributed by atoms with Gasteiger partial charge in [-0.05, 0) is 24.6 Å². The molecule has 1 heterocycles. The van der Waals surface area contributed by atoms with E-state index in [0.29, 0.717) is 19.1 Å². The lowest BCUT2D eigenvalue weighted by atomic mass is 10.0. The van der Waals surface area contributed by atoms with Crippen LogP contribution in [0.2, 0.25) is 0 Å². The van der Waals surface area contributed by atoms with Crippen molar-refractivity contribution in [2.24, 2.45) is 0 Å². The maximum Gasteiger partial charge on any atom is 0.122 e. The molecule has 2 rings (SSSR count). The van der Waals surface area contributed by atoms with Crippen molar-refractivity contribution in [2.45, 2.75) is 32.4 Å². The maximum absolute atomic E-state index is 10.2. The highest BCUT2D eigenvalue weighted by Crippen LogP contribution is 2.25. The van der Waals surface area contributed by atoms with Crippen molar-refractivity contribution in [1.29, 1.82) is 0 Å². The predicted molar refractivity (Wildman–Crippen MR) is 90.5 cm³/mol. The van der Waals surface area contributed by atoms with Crippen molar-refractivity contribution in [2.75, 3.05) is 20.2 Å². The fraction of sp³-hybridized carbons (Fsp3) is 0.471. The van der Waals surface area contributed by atoms with Crippen LogP contribution in [-0.4, -0.2) is 41.3 Å². The molecule has 1 aromatic heterocycles. The SMILES string of the molecule is CC(C)c1ccccc1OCC(O)CN(C)Cc1nccs1. The molecule has 0 bridgehead atoms. The van der Waals surface area contributed by atoms with Gasteiger partial charge in [-0.15, -0.1) is 11.3 Å². The second kappa shape index (κ2) is 8.27. The third-order valence-electron chi connectivity index (χ3n) is 3.38. The van der Waals surface area contributed by atoms with E-state index >= 15 is 0 Å². The van der Waals surface area contributed by atoms with Gasteiger partial charge < -0.3 is 9.84 Å². The zero-order valence-corrected chi connectivity index (χ0v) is 14.2. The number of thiazole rings is 1. The Morgan fingerprint density at radius 3 is 2.77 bits per heavy atom. The number of rotatable bonds is 8. The van der Waals surface area contributed by atoms with Crippen LogP contribution in [0.15, 0.2) is 35.8 Å². The number of ether oxygens (including phenoxy) is 1. The number of aliphatic hydroxyl groups is 1. The fourth-order valence-corrected chi connectivity index (χ4v) is 3.01. The Kier molecular flexibility index (Phi) is 6.36. The summed E-state index contributed by atoms with van der Waals surface area (Å²) in [5.74, 6) is 1.26. The number of aliphatic hydroxyl groups excluding tert-OH is 1. The Labute approximate surface area is 136 Å². The summed E-state index contributed by atoms with van der Waals surface area (Å²) < 4.78 is 5.81. The normalized spacial score (nSPS) is 12.8. The van der Waals surface area contributed by atoms with E-state index < -0.39 is 6.10 Å². The number of para-hydroxylation sites is 1. The summed E-state index contributed by atoms with van der Waals surface area (Å²) in [7, 11) is 1.98. The summed E-state index contributed by atoms with van der Waals surface area (Å²) in [6.45, 7) is 5.88. The van der Waals surface area contributed by atoms with Gasteiger partial charge in [-0.2, -0.15) is 0 Å². The predicted octanol–water partition coefficient (Wildman–Crippen LogP) is 3.14. The highest BCUT2D eigenvalue weighted by molar-refractivity contribution is 7.09. The highest BCUT2D eigenvalue weighted by atomic mass is 32.1. The number of likely N-dealkylation sites (N-methyl/N-ethyl adjacent to an activating group) is 1. The third kappa shape index (κ3) is 5.09. The zero-order valence-electron chi connectivity index (χ0n) is 13.4. The highest BCUT2D eigenvalue weighted by Gasteiger charge is 2.12. The van der Waals surface area contributed by atoms with Crippen LogP contribution in [0.5, 0.6) is 5.75 Å². The standard InChI is InChI=1S/C17H24N2O2S/c1-13(2)15-6-4-5-7-16(15)21-12-14(20)10-19(3)11-17-18-8-9-22-17/h4-9,13-14,20H,10-12H2,1-3H3. The Morgan fingerprint density at radius 2 is 2.09 bits per heavy atom. The van der Waals surface area contributed by atoms with E-state index in [1.54, 1.807) is 17.5 Å². The summed E-state index contributed by atoms with van der Waals surface area (Å²) in [4.78, 5) is 6.31. The van der Waals surface area contributed by atoms with Gasteiger partial charge in [0, 0.05) is 18.1 Å². The molecule has 2 aromatic rings. The van der Waals surface area contributed by atoms with Crippen LogP contribution < -0.4 is 4.74 Å². The minimum absolute atomic E-state index is 0.298.